The van der Waals surface area contributed by atoms with Gasteiger partial charge in [-0.05, 0) is 51.7 Å². The second-order valence-corrected chi connectivity index (χ2v) is 14.2. The quantitative estimate of drug-likeness (QED) is 0.367. The van der Waals surface area contributed by atoms with Crippen molar-refractivity contribution in [3.05, 3.63) is 116 Å². The highest BCUT2D eigenvalue weighted by Crippen LogP contribution is 2.20. The molecule has 212 valence electrons. The molecular weight excluding hydrogens is 458 g/mol. The fourth-order valence-corrected chi connectivity index (χ4v) is 3.04. The third-order valence-corrected chi connectivity index (χ3v) is 4.50. The lowest BCUT2D eigenvalue weighted by atomic mass is 9.88. The van der Waals surface area contributed by atoms with Crippen LogP contribution in [0.1, 0.15) is 94.2 Å². The van der Waals surface area contributed by atoms with Crippen molar-refractivity contribution < 1.29 is 0 Å². The molecule has 0 saturated heterocycles. The molecule has 0 fully saturated rings. The molecule has 0 aliphatic rings. The van der Waals surface area contributed by atoms with Crippen molar-refractivity contribution >= 4 is 0 Å². The topological polar surface area (TPSA) is 12.9 Å². The predicted octanol–water partition coefficient (Wildman–Crippen LogP) is 11.5. The van der Waals surface area contributed by atoms with E-state index in [-0.39, 0.29) is 0 Å². The van der Waals surface area contributed by atoms with Crippen molar-refractivity contribution in [2.24, 2.45) is 21.7 Å². The second kappa shape index (κ2) is 18.6. The zero-order valence-electron chi connectivity index (χ0n) is 26.9. The zero-order chi connectivity index (χ0) is 29.9. The molecule has 1 heterocycles. The van der Waals surface area contributed by atoms with Gasteiger partial charge in [0.05, 0.1) is 0 Å². The van der Waals surface area contributed by atoms with Crippen LogP contribution in [0.15, 0.2) is 104 Å². The third-order valence-electron chi connectivity index (χ3n) is 4.50. The first-order valence-corrected chi connectivity index (χ1v) is 13.8. The van der Waals surface area contributed by atoms with Crippen molar-refractivity contribution in [3.8, 4) is 0 Å². The Morgan fingerprint density at radius 2 is 0.974 bits per heavy atom. The molecule has 0 spiro atoms. The van der Waals surface area contributed by atoms with Crippen molar-refractivity contribution in [1.29, 1.82) is 0 Å². The highest BCUT2D eigenvalue weighted by Gasteiger charge is 2.11. The lowest BCUT2D eigenvalue weighted by Crippen LogP contribution is -2.08. The Bertz CT molecular complexity index is 824. The summed E-state index contributed by atoms with van der Waals surface area (Å²) in [5.41, 5.74) is 4.12. The average molecular weight is 518 g/mol. The first-order valence-electron chi connectivity index (χ1n) is 13.8. The first kappa shape index (κ1) is 37.5. The highest BCUT2D eigenvalue weighted by atomic mass is 14.6. The van der Waals surface area contributed by atoms with Gasteiger partial charge < -0.3 is 0 Å². The summed E-state index contributed by atoms with van der Waals surface area (Å²) in [5.74, 6) is 0. The maximum absolute atomic E-state index is 4.07. The average Bonchev–Trinajstić information content (AvgIpc) is 2.76. The van der Waals surface area contributed by atoms with E-state index < -0.39 is 0 Å². The Morgan fingerprint density at radius 3 is 1.26 bits per heavy atom. The largest absolute Gasteiger partial charge is 0.264 e. The number of benzene rings is 1. The van der Waals surface area contributed by atoms with Gasteiger partial charge in [0, 0.05) is 12.4 Å². The summed E-state index contributed by atoms with van der Waals surface area (Å²) in [6, 6.07) is 14.7. The summed E-state index contributed by atoms with van der Waals surface area (Å²) in [6.45, 7) is 33.6. The van der Waals surface area contributed by atoms with E-state index in [0.29, 0.717) is 21.7 Å². The summed E-state index contributed by atoms with van der Waals surface area (Å²) in [5, 5.41) is 0. The molecule has 0 aliphatic carbocycles. The number of pyridine rings is 1. The van der Waals surface area contributed by atoms with Crippen LogP contribution in [-0.4, -0.2) is 4.98 Å². The van der Waals surface area contributed by atoms with Crippen LogP contribution >= 0.6 is 0 Å². The maximum Gasteiger partial charge on any atom is 0.0300 e. The summed E-state index contributed by atoms with van der Waals surface area (Å²) in [6.07, 6.45) is 17.8. The predicted molar refractivity (Wildman–Crippen MR) is 175 cm³/mol. The Labute approximate surface area is 237 Å². The molecule has 0 unspecified atom stereocenters. The van der Waals surface area contributed by atoms with Crippen LogP contribution in [0.25, 0.3) is 0 Å². The number of rotatable bonds is 4. The SMILES string of the molecule is C=C/C=C/C(C)(C)C.C=C/C=C\C(C)(C)C.CC(C)(C)Cc1ccccc1.CC(C)(C)Cc1cccnc1. The van der Waals surface area contributed by atoms with Crippen LogP contribution in [0.4, 0.5) is 0 Å². The van der Waals surface area contributed by atoms with E-state index in [1.165, 1.54) is 11.1 Å². The van der Waals surface area contributed by atoms with Crippen molar-refractivity contribution in [2.75, 3.05) is 0 Å². The van der Waals surface area contributed by atoms with Gasteiger partial charge in [0.15, 0.2) is 0 Å². The van der Waals surface area contributed by atoms with Crippen LogP contribution in [0.2, 0.25) is 0 Å². The van der Waals surface area contributed by atoms with Crippen molar-refractivity contribution in [3.63, 3.8) is 0 Å². The standard InChI is InChI=1S/C11H16.C10H15N.2C8H14/c1-11(2,3)9-10-7-5-4-6-8-10;1-10(2,3)7-9-5-4-6-11-8-9;2*1-5-6-7-8(2,3)4/h4-8H,9H2,1-3H3;4-6,8H,7H2,1-3H3;2*5-7H,1H2,2-4H3/b;;7-6+;7-6-. The lowest BCUT2D eigenvalue weighted by Gasteiger charge is -2.17. The monoisotopic (exact) mass is 517 g/mol. The van der Waals surface area contributed by atoms with Crippen LogP contribution < -0.4 is 0 Å². The summed E-state index contributed by atoms with van der Waals surface area (Å²) < 4.78 is 0. The second-order valence-electron chi connectivity index (χ2n) is 14.2. The van der Waals surface area contributed by atoms with Gasteiger partial charge >= 0.3 is 0 Å². The molecule has 2 rings (SSSR count). The molecule has 1 aromatic carbocycles. The van der Waals surface area contributed by atoms with Crippen molar-refractivity contribution in [2.45, 2.75) is 95.9 Å². The minimum atomic E-state index is 0.300. The van der Waals surface area contributed by atoms with Gasteiger partial charge in [0.1, 0.15) is 0 Å². The summed E-state index contributed by atoms with van der Waals surface area (Å²) in [7, 11) is 0. The van der Waals surface area contributed by atoms with E-state index in [4.69, 9.17) is 0 Å². The fourth-order valence-electron chi connectivity index (χ4n) is 3.04. The minimum Gasteiger partial charge on any atom is -0.264 e. The van der Waals surface area contributed by atoms with E-state index in [1.807, 2.05) is 30.6 Å². The number of hydrogen-bond donors (Lipinski definition) is 0. The van der Waals surface area contributed by atoms with Gasteiger partial charge in [0.2, 0.25) is 0 Å². The van der Waals surface area contributed by atoms with Crippen LogP contribution in [-0.2, 0) is 12.8 Å². The zero-order valence-corrected chi connectivity index (χ0v) is 26.9. The van der Waals surface area contributed by atoms with Gasteiger partial charge in [-0.25, -0.2) is 0 Å². The molecule has 0 radical (unpaired) electrons. The van der Waals surface area contributed by atoms with Crippen LogP contribution in [0, 0.1) is 21.7 Å². The molecule has 2 aromatic rings. The molecule has 0 aliphatic heterocycles. The Morgan fingerprint density at radius 1 is 0.579 bits per heavy atom. The lowest BCUT2D eigenvalue weighted by molar-refractivity contribution is 0.410. The summed E-state index contributed by atoms with van der Waals surface area (Å²) in [4.78, 5) is 4.07. The van der Waals surface area contributed by atoms with Gasteiger partial charge in [0.25, 0.3) is 0 Å². The third kappa shape index (κ3) is 31.4. The first-order chi connectivity index (χ1) is 17.3. The molecule has 0 amide bonds. The molecule has 0 saturated carbocycles. The molecule has 1 heteroatoms. The van der Waals surface area contributed by atoms with Crippen molar-refractivity contribution in [1.82, 2.24) is 4.98 Å². The normalized spacial score (nSPS) is 11.9. The number of allylic oxidation sites excluding steroid dienone is 6. The maximum atomic E-state index is 4.07. The number of hydrogen-bond acceptors (Lipinski definition) is 1. The van der Waals surface area contributed by atoms with E-state index in [2.05, 4.69) is 150 Å². The molecule has 1 aromatic heterocycles. The Hall–Kier alpha value is -2.67. The minimum absolute atomic E-state index is 0.300. The molecule has 0 N–H and O–H groups in total. The Kier molecular flexibility index (Phi) is 18.3. The van der Waals surface area contributed by atoms with E-state index in [0.717, 1.165) is 12.8 Å². The molecule has 0 bridgehead atoms. The summed E-state index contributed by atoms with van der Waals surface area (Å²) >= 11 is 0. The van der Waals surface area contributed by atoms with Gasteiger partial charge in [-0.2, -0.15) is 0 Å². The van der Waals surface area contributed by atoms with E-state index >= 15 is 0 Å². The highest BCUT2D eigenvalue weighted by molar-refractivity contribution is 5.15. The van der Waals surface area contributed by atoms with Crippen LogP contribution in [0.3, 0.4) is 0 Å². The van der Waals surface area contributed by atoms with E-state index in [9.17, 15) is 0 Å². The smallest absolute Gasteiger partial charge is 0.0300 e. The molecular formula is C37H59N. The van der Waals surface area contributed by atoms with Gasteiger partial charge in [-0.15, -0.1) is 0 Å². The number of nitrogens with zero attached hydrogens (tertiary/aromatic N) is 1. The number of aromatic nitrogens is 1. The molecule has 0 atom stereocenters. The van der Waals surface area contributed by atoms with Gasteiger partial charge in [-0.1, -0.05) is 169 Å². The van der Waals surface area contributed by atoms with E-state index in [1.54, 1.807) is 12.2 Å². The Balaban J connectivity index is 0. The van der Waals surface area contributed by atoms with Crippen LogP contribution in [0.5, 0.6) is 0 Å². The molecule has 38 heavy (non-hydrogen) atoms. The molecule has 1 nitrogen and oxygen atoms in total. The fraction of sp³-hybridized carbons (Fsp3) is 0.486. The van der Waals surface area contributed by atoms with Gasteiger partial charge in [-0.3, -0.25) is 4.98 Å².